The van der Waals surface area contributed by atoms with E-state index in [0.29, 0.717) is 33.5 Å². The number of piperidine rings is 1. The van der Waals surface area contributed by atoms with E-state index in [0.717, 1.165) is 43.9 Å². The number of fused-ring (bicyclic) bond motifs is 1. The molecule has 0 amide bonds. The van der Waals surface area contributed by atoms with Crippen molar-refractivity contribution in [3.05, 3.63) is 34.4 Å². The zero-order valence-corrected chi connectivity index (χ0v) is 18.2. The smallest absolute Gasteiger partial charge is 0.202 e. The minimum atomic E-state index is 0. The lowest BCUT2D eigenvalue weighted by Crippen LogP contribution is -2.49. The van der Waals surface area contributed by atoms with Crippen LogP contribution in [-0.4, -0.2) is 52.5 Å². The highest BCUT2D eigenvalue weighted by Gasteiger charge is 2.44. The summed E-state index contributed by atoms with van der Waals surface area (Å²) in [5.74, 6) is 0.824. The third-order valence-electron chi connectivity index (χ3n) is 6.03. The molecule has 0 unspecified atom stereocenters. The van der Waals surface area contributed by atoms with Gasteiger partial charge in [-0.05, 0) is 18.9 Å². The van der Waals surface area contributed by atoms with E-state index < -0.39 is 0 Å². The number of aromatic nitrogens is 4. The predicted octanol–water partition coefficient (Wildman–Crippen LogP) is 3.38. The van der Waals surface area contributed by atoms with Crippen molar-refractivity contribution in [3.8, 4) is 11.3 Å². The third-order valence-corrected chi connectivity index (χ3v) is 6.85. The van der Waals surface area contributed by atoms with Crippen molar-refractivity contribution in [3.63, 3.8) is 0 Å². The average molecular weight is 453 g/mol. The Hall–Kier alpha value is -1.58. The van der Waals surface area contributed by atoms with Crippen molar-refractivity contribution in [2.24, 2.45) is 11.1 Å². The lowest BCUT2D eigenvalue weighted by molar-refractivity contribution is 0.131. The van der Waals surface area contributed by atoms with Crippen LogP contribution in [-0.2, 0) is 4.74 Å². The van der Waals surface area contributed by atoms with Crippen LogP contribution in [0.15, 0.2) is 24.4 Å². The number of nitrogens with zero attached hydrogens (tertiary/aromatic N) is 4. The number of halogens is 2. The van der Waals surface area contributed by atoms with Crippen molar-refractivity contribution in [1.82, 2.24) is 20.2 Å². The maximum Gasteiger partial charge on any atom is 0.202 e. The molecule has 1 atom stereocenters. The molecule has 154 valence electrons. The molecule has 0 bridgehead atoms. The molecule has 3 aromatic rings. The zero-order valence-electron chi connectivity index (χ0n) is 15.7. The Bertz CT molecular complexity index is 1040. The monoisotopic (exact) mass is 452 g/mol. The second kappa shape index (κ2) is 7.92. The fourth-order valence-corrected chi connectivity index (χ4v) is 4.59. The van der Waals surface area contributed by atoms with E-state index in [4.69, 9.17) is 38.7 Å². The van der Waals surface area contributed by atoms with Crippen LogP contribution in [0.2, 0.25) is 10.0 Å². The number of rotatable bonds is 2. The lowest BCUT2D eigenvalue weighted by atomic mass is 9.75. The summed E-state index contributed by atoms with van der Waals surface area (Å²) in [5, 5.41) is 8.30. The molecular formula is C19H22Cl2N6OS. The molecule has 29 heavy (non-hydrogen) atoms. The van der Waals surface area contributed by atoms with Gasteiger partial charge in [0.05, 0.1) is 35.1 Å². The first-order valence-electron chi connectivity index (χ1n) is 9.31. The predicted molar refractivity (Wildman–Crippen MR) is 120 cm³/mol. The number of H-pyrrole nitrogens is 1. The molecule has 4 heterocycles. The number of hydrogen-bond donors (Lipinski definition) is 2. The Kier molecular flexibility index (Phi) is 5.65. The van der Waals surface area contributed by atoms with E-state index in [1.807, 2.05) is 12.1 Å². The highest BCUT2D eigenvalue weighted by atomic mass is 35.5. The van der Waals surface area contributed by atoms with Gasteiger partial charge in [-0.3, -0.25) is 5.10 Å². The van der Waals surface area contributed by atoms with Gasteiger partial charge in [-0.15, -0.1) is 0 Å². The van der Waals surface area contributed by atoms with Crippen molar-refractivity contribution < 1.29 is 4.74 Å². The zero-order chi connectivity index (χ0) is 19.3. The Balaban J connectivity index is 0.00000205. The molecular weight excluding hydrogens is 431 g/mol. The summed E-state index contributed by atoms with van der Waals surface area (Å²) < 4.78 is 5.61. The van der Waals surface area contributed by atoms with Gasteiger partial charge in [-0.2, -0.15) is 18.6 Å². The second-order valence-corrected chi connectivity index (χ2v) is 8.36. The molecule has 0 aliphatic carbocycles. The Labute approximate surface area is 185 Å². The summed E-state index contributed by atoms with van der Waals surface area (Å²) in [5.41, 5.74) is 9.09. The quantitative estimate of drug-likeness (QED) is 0.618. The molecule has 10 heteroatoms. The van der Waals surface area contributed by atoms with Crippen LogP contribution in [0.25, 0.3) is 22.4 Å². The van der Waals surface area contributed by atoms with Crippen LogP contribution in [0.1, 0.15) is 12.8 Å². The van der Waals surface area contributed by atoms with Crippen LogP contribution >= 0.6 is 36.7 Å². The van der Waals surface area contributed by atoms with Crippen molar-refractivity contribution in [2.45, 2.75) is 18.9 Å². The fraction of sp³-hybridized carbons (Fsp3) is 0.421. The first-order valence-corrected chi connectivity index (χ1v) is 10.1. The first-order chi connectivity index (χ1) is 13.6. The minimum Gasteiger partial charge on any atom is -0.379 e. The minimum absolute atomic E-state index is 0. The maximum absolute atomic E-state index is 6.35. The van der Waals surface area contributed by atoms with E-state index in [2.05, 4.69) is 20.1 Å². The Morgan fingerprint density at radius 1 is 1.24 bits per heavy atom. The van der Waals surface area contributed by atoms with Crippen LogP contribution in [0.4, 0.5) is 5.82 Å². The van der Waals surface area contributed by atoms with E-state index in [-0.39, 0.29) is 25.0 Å². The van der Waals surface area contributed by atoms with E-state index in [1.165, 1.54) is 0 Å². The molecule has 0 saturated carbocycles. The van der Waals surface area contributed by atoms with Gasteiger partial charge >= 0.3 is 0 Å². The normalized spacial score (nSPS) is 20.9. The fourth-order valence-electron chi connectivity index (χ4n) is 4.19. The molecule has 5 rings (SSSR count). The van der Waals surface area contributed by atoms with Crippen LogP contribution in [0.5, 0.6) is 0 Å². The van der Waals surface area contributed by atoms with Gasteiger partial charge < -0.3 is 15.4 Å². The lowest BCUT2D eigenvalue weighted by Gasteiger charge is -2.41. The standard InChI is InChI=1S/C19H20Cl2N6O.H2S/c20-12-3-1-2-11(15(12)21)16-17-18(26-25-16)24-14(8-23-17)27-6-4-19(5-7-27)10-28-9-13(19)22;/h1-3,8,13H,4-7,9-10,22H2,(H,24,25,26);1H2/t13-;/m1./s1. The second-order valence-electron chi connectivity index (χ2n) is 7.57. The summed E-state index contributed by atoms with van der Waals surface area (Å²) >= 11 is 12.5. The molecule has 7 nitrogen and oxygen atoms in total. The molecule has 1 aromatic carbocycles. The van der Waals surface area contributed by atoms with Crippen LogP contribution in [0.3, 0.4) is 0 Å². The third kappa shape index (κ3) is 3.47. The number of aromatic amines is 1. The first kappa shape index (κ1) is 20.7. The number of anilines is 1. The highest BCUT2D eigenvalue weighted by Crippen LogP contribution is 2.40. The topological polar surface area (TPSA) is 93.0 Å². The van der Waals surface area contributed by atoms with Crippen LogP contribution < -0.4 is 10.6 Å². The van der Waals surface area contributed by atoms with Gasteiger partial charge in [0.2, 0.25) is 5.65 Å². The number of nitrogens with two attached hydrogens (primary N) is 1. The molecule has 2 aliphatic heterocycles. The van der Waals surface area contributed by atoms with Gasteiger partial charge in [0.1, 0.15) is 11.3 Å². The SMILES string of the molecule is N[C@@H]1COCC12CCN(c1cnc3c(-c4cccc(Cl)c4Cl)[nH]nc3n1)CC2.S. The van der Waals surface area contributed by atoms with Gasteiger partial charge in [-0.25, -0.2) is 9.97 Å². The van der Waals surface area contributed by atoms with Gasteiger partial charge in [0.15, 0.2) is 0 Å². The van der Waals surface area contributed by atoms with Crippen molar-refractivity contribution >= 4 is 53.7 Å². The molecule has 2 fully saturated rings. The summed E-state index contributed by atoms with van der Waals surface area (Å²) in [7, 11) is 0. The van der Waals surface area contributed by atoms with Crippen LogP contribution in [0, 0.1) is 5.41 Å². The largest absolute Gasteiger partial charge is 0.379 e. The van der Waals surface area contributed by atoms with Gasteiger partial charge in [-0.1, -0.05) is 35.3 Å². The molecule has 2 saturated heterocycles. The van der Waals surface area contributed by atoms with Gasteiger partial charge in [0.25, 0.3) is 0 Å². The highest BCUT2D eigenvalue weighted by molar-refractivity contribution is 7.59. The molecule has 2 aliphatic rings. The Morgan fingerprint density at radius 2 is 2.03 bits per heavy atom. The summed E-state index contributed by atoms with van der Waals surface area (Å²) in [6.45, 7) is 3.19. The summed E-state index contributed by atoms with van der Waals surface area (Å²) in [4.78, 5) is 11.6. The number of nitrogens with one attached hydrogen (secondary N) is 1. The van der Waals surface area contributed by atoms with Gasteiger partial charge in [0, 0.05) is 30.1 Å². The number of ether oxygens (including phenoxy) is 1. The Morgan fingerprint density at radius 3 is 2.76 bits per heavy atom. The maximum atomic E-state index is 6.35. The average Bonchev–Trinajstić information content (AvgIpc) is 3.28. The van der Waals surface area contributed by atoms with E-state index in [9.17, 15) is 0 Å². The molecule has 2 aromatic heterocycles. The number of benzene rings is 1. The van der Waals surface area contributed by atoms with Crippen molar-refractivity contribution in [2.75, 3.05) is 31.2 Å². The molecule has 0 radical (unpaired) electrons. The van der Waals surface area contributed by atoms with E-state index >= 15 is 0 Å². The molecule has 3 N–H and O–H groups in total. The summed E-state index contributed by atoms with van der Waals surface area (Å²) in [6, 6.07) is 5.60. The van der Waals surface area contributed by atoms with Crippen molar-refractivity contribution in [1.29, 1.82) is 0 Å². The summed E-state index contributed by atoms with van der Waals surface area (Å²) in [6.07, 6.45) is 3.79. The number of hydrogen-bond acceptors (Lipinski definition) is 6. The van der Waals surface area contributed by atoms with E-state index in [1.54, 1.807) is 12.3 Å². The molecule has 1 spiro atoms.